The van der Waals surface area contributed by atoms with Gasteiger partial charge in [0, 0.05) is 17.0 Å². The molecule has 2 heterocycles. The van der Waals surface area contributed by atoms with Crippen molar-refractivity contribution in [3.05, 3.63) is 48.5 Å². The third-order valence-corrected chi connectivity index (χ3v) is 4.15. The molecule has 0 saturated carbocycles. The van der Waals surface area contributed by atoms with E-state index in [2.05, 4.69) is 15.1 Å². The van der Waals surface area contributed by atoms with Gasteiger partial charge in [-0.25, -0.2) is 4.98 Å². The van der Waals surface area contributed by atoms with Crippen LogP contribution in [0.1, 0.15) is 0 Å². The topological polar surface area (TPSA) is 79.5 Å². The van der Waals surface area contributed by atoms with Gasteiger partial charge in [-0.05, 0) is 24.3 Å². The normalized spacial score (nSPS) is 10.8. The molecule has 7 heteroatoms. The second-order valence-electron chi connectivity index (χ2n) is 5.76. The highest BCUT2D eigenvalue weighted by molar-refractivity contribution is 5.85. The minimum atomic E-state index is 0.345. The average molecular weight is 363 g/mol. The Kier molecular flexibility index (Phi) is 4.33. The summed E-state index contributed by atoms with van der Waals surface area (Å²) in [6.07, 6.45) is 0. The maximum Gasteiger partial charge on any atom is 0.258 e. The van der Waals surface area contributed by atoms with Crippen LogP contribution in [0.5, 0.6) is 17.4 Å². The van der Waals surface area contributed by atoms with Crippen molar-refractivity contribution in [2.24, 2.45) is 0 Å². The molecule has 4 aromatic rings. The molecule has 2 aromatic carbocycles. The van der Waals surface area contributed by atoms with Gasteiger partial charge in [0.25, 0.3) is 5.89 Å². The van der Waals surface area contributed by atoms with E-state index in [-0.39, 0.29) is 0 Å². The number of methoxy groups -OCH3 is 3. The number of pyridine rings is 1. The maximum absolute atomic E-state index is 5.46. The third kappa shape index (κ3) is 3.15. The van der Waals surface area contributed by atoms with Crippen molar-refractivity contribution in [2.45, 2.75) is 0 Å². The predicted molar refractivity (Wildman–Crippen MR) is 100 cm³/mol. The van der Waals surface area contributed by atoms with Crippen LogP contribution in [-0.4, -0.2) is 36.5 Å². The molecule has 4 rings (SSSR count). The van der Waals surface area contributed by atoms with Gasteiger partial charge in [-0.3, -0.25) is 0 Å². The van der Waals surface area contributed by atoms with Gasteiger partial charge >= 0.3 is 0 Å². The molecule has 0 bridgehead atoms. The van der Waals surface area contributed by atoms with Gasteiger partial charge in [0.2, 0.25) is 11.7 Å². The smallest absolute Gasteiger partial charge is 0.258 e. The zero-order valence-corrected chi connectivity index (χ0v) is 15.1. The van der Waals surface area contributed by atoms with Crippen LogP contribution in [0, 0.1) is 0 Å². The first-order valence-corrected chi connectivity index (χ1v) is 8.23. The van der Waals surface area contributed by atoms with Crippen LogP contribution >= 0.6 is 0 Å². The minimum absolute atomic E-state index is 0.345. The molecule has 0 aliphatic rings. The fourth-order valence-corrected chi connectivity index (χ4v) is 2.80. The van der Waals surface area contributed by atoms with Crippen molar-refractivity contribution >= 4 is 10.9 Å². The summed E-state index contributed by atoms with van der Waals surface area (Å²) >= 11 is 0. The van der Waals surface area contributed by atoms with Crippen molar-refractivity contribution in [3.8, 4) is 40.2 Å². The molecule has 0 aliphatic heterocycles. The van der Waals surface area contributed by atoms with Crippen molar-refractivity contribution in [1.82, 2.24) is 15.1 Å². The molecule has 0 N–H and O–H groups in total. The van der Waals surface area contributed by atoms with Gasteiger partial charge < -0.3 is 18.7 Å². The summed E-state index contributed by atoms with van der Waals surface area (Å²) in [6, 6.07) is 15.1. The molecule has 0 unspecified atom stereocenters. The Morgan fingerprint density at radius 2 is 1.56 bits per heavy atom. The molecular formula is C20H17N3O4. The van der Waals surface area contributed by atoms with E-state index >= 15 is 0 Å². The van der Waals surface area contributed by atoms with Gasteiger partial charge in [0.1, 0.15) is 11.5 Å². The number of nitrogens with zero attached hydrogens (tertiary/aromatic N) is 3. The Morgan fingerprint density at radius 1 is 0.815 bits per heavy atom. The Hall–Kier alpha value is -3.61. The summed E-state index contributed by atoms with van der Waals surface area (Å²) in [7, 11) is 4.74. The van der Waals surface area contributed by atoms with E-state index in [4.69, 9.17) is 18.7 Å². The number of hydrogen-bond donors (Lipinski definition) is 0. The number of para-hydroxylation sites is 1. The number of ether oxygens (including phenoxy) is 3. The largest absolute Gasteiger partial charge is 0.497 e. The van der Waals surface area contributed by atoms with E-state index < -0.39 is 0 Å². The molecule has 0 amide bonds. The van der Waals surface area contributed by atoms with E-state index in [1.54, 1.807) is 39.5 Å². The summed E-state index contributed by atoms with van der Waals surface area (Å²) in [4.78, 5) is 9.03. The van der Waals surface area contributed by atoms with E-state index in [0.717, 1.165) is 10.9 Å². The third-order valence-electron chi connectivity index (χ3n) is 4.15. The zero-order chi connectivity index (χ0) is 18.8. The van der Waals surface area contributed by atoms with E-state index in [1.807, 2.05) is 30.3 Å². The van der Waals surface area contributed by atoms with Gasteiger partial charge in [-0.1, -0.05) is 23.4 Å². The summed E-state index contributed by atoms with van der Waals surface area (Å²) in [6.45, 7) is 0. The Labute approximate surface area is 155 Å². The molecule has 0 atom stereocenters. The Bertz CT molecular complexity index is 1090. The first kappa shape index (κ1) is 16.8. The molecule has 7 nitrogen and oxygen atoms in total. The molecule has 2 aromatic heterocycles. The highest BCUT2D eigenvalue weighted by atomic mass is 16.5. The van der Waals surface area contributed by atoms with Crippen LogP contribution in [0.4, 0.5) is 0 Å². The first-order valence-electron chi connectivity index (χ1n) is 8.23. The van der Waals surface area contributed by atoms with Crippen molar-refractivity contribution < 1.29 is 18.7 Å². The monoisotopic (exact) mass is 363 g/mol. The standard InChI is InChI=1S/C20H17N3O4/c1-24-14-8-13(9-15(11-14)25-2)19-22-18(23-27-19)16-10-12-6-4-5-7-17(12)21-20(16)26-3/h4-11H,1-3H3. The molecule has 0 spiro atoms. The van der Waals surface area contributed by atoms with Gasteiger partial charge in [0.05, 0.1) is 32.4 Å². The highest BCUT2D eigenvalue weighted by Gasteiger charge is 2.17. The number of fused-ring (bicyclic) bond motifs is 1. The lowest BCUT2D eigenvalue weighted by atomic mass is 10.1. The molecule has 0 radical (unpaired) electrons. The summed E-state index contributed by atoms with van der Waals surface area (Å²) in [5.74, 6) is 2.44. The average Bonchev–Trinajstić information content (AvgIpc) is 3.22. The lowest BCUT2D eigenvalue weighted by molar-refractivity contribution is 0.393. The molecule has 0 saturated heterocycles. The van der Waals surface area contributed by atoms with E-state index in [0.29, 0.717) is 40.2 Å². The first-order chi connectivity index (χ1) is 13.2. The minimum Gasteiger partial charge on any atom is -0.497 e. The maximum atomic E-state index is 5.46. The molecule has 136 valence electrons. The van der Waals surface area contributed by atoms with E-state index in [1.165, 1.54) is 0 Å². The molecule has 0 fully saturated rings. The van der Waals surface area contributed by atoms with Crippen molar-refractivity contribution in [3.63, 3.8) is 0 Å². The predicted octanol–water partition coefficient (Wildman–Crippen LogP) is 3.98. The fourth-order valence-electron chi connectivity index (χ4n) is 2.80. The summed E-state index contributed by atoms with van der Waals surface area (Å²) in [5, 5.41) is 5.06. The van der Waals surface area contributed by atoms with Gasteiger partial charge in [-0.2, -0.15) is 4.98 Å². The van der Waals surface area contributed by atoms with E-state index in [9.17, 15) is 0 Å². The molecular weight excluding hydrogens is 346 g/mol. The lowest BCUT2D eigenvalue weighted by Gasteiger charge is -2.06. The number of benzene rings is 2. The second-order valence-corrected chi connectivity index (χ2v) is 5.76. The SMILES string of the molecule is COc1cc(OC)cc(-c2nc(-c3cc4ccccc4nc3OC)no2)c1. The van der Waals surface area contributed by atoms with Crippen LogP contribution in [0.25, 0.3) is 33.7 Å². The van der Waals surface area contributed by atoms with Crippen LogP contribution < -0.4 is 14.2 Å². The fraction of sp³-hybridized carbons (Fsp3) is 0.150. The highest BCUT2D eigenvalue weighted by Crippen LogP contribution is 2.33. The quantitative estimate of drug-likeness (QED) is 0.530. The number of aromatic nitrogens is 3. The van der Waals surface area contributed by atoms with Gasteiger partial charge in [-0.15, -0.1) is 0 Å². The molecule has 27 heavy (non-hydrogen) atoms. The second kappa shape index (κ2) is 6.95. The summed E-state index contributed by atoms with van der Waals surface area (Å²) in [5.41, 5.74) is 2.18. The Balaban J connectivity index is 1.80. The van der Waals surface area contributed by atoms with Crippen LogP contribution in [-0.2, 0) is 0 Å². The van der Waals surface area contributed by atoms with Crippen molar-refractivity contribution in [1.29, 1.82) is 0 Å². The summed E-state index contributed by atoms with van der Waals surface area (Å²) < 4.78 is 21.5. The van der Waals surface area contributed by atoms with Gasteiger partial charge in [0.15, 0.2) is 0 Å². The lowest BCUT2D eigenvalue weighted by Crippen LogP contribution is -1.94. The van der Waals surface area contributed by atoms with Crippen LogP contribution in [0.3, 0.4) is 0 Å². The van der Waals surface area contributed by atoms with Crippen LogP contribution in [0.2, 0.25) is 0 Å². The molecule has 0 aliphatic carbocycles. The Morgan fingerprint density at radius 3 is 2.26 bits per heavy atom. The van der Waals surface area contributed by atoms with Crippen molar-refractivity contribution in [2.75, 3.05) is 21.3 Å². The zero-order valence-electron chi connectivity index (χ0n) is 15.1. The number of rotatable bonds is 5. The number of hydrogen-bond acceptors (Lipinski definition) is 7. The van der Waals surface area contributed by atoms with Crippen LogP contribution in [0.15, 0.2) is 53.1 Å².